The minimum absolute atomic E-state index is 0.186. The van der Waals surface area contributed by atoms with Crippen molar-refractivity contribution in [3.63, 3.8) is 0 Å². The molecule has 0 aromatic carbocycles. The van der Waals surface area contributed by atoms with E-state index < -0.39 is 0 Å². The van der Waals surface area contributed by atoms with Crippen molar-refractivity contribution in [2.45, 2.75) is 25.7 Å². The highest BCUT2D eigenvalue weighted by molar-refractivity contribution is 6.00. The second-order valence-electron chi connectivity index (χ2n) is 4.98. The van der Waals surface area contributed by atoms with E-state index in [1.165, 1.54) is 0 Å². The van der Waals surface area contributed by atoms with Gasteiger partial charge in [0.2, 0.25) is 0 Å². The van der Waals surface area contributed by atoms with Crippen molar-refractivity contribution < 1.29 is 14.7 Å². The SMILES string of the molecule is CCOC(=O)CC(CC(=NO)c1cccnc1)c1cccnc1. The van der Waals surface area contributed by atoms with Gasteiger partial charge in [0.15, 0.2) is 0 Å². The van der Waals surface area contributed by atoms with Crippen LogP contribution in [-0.4, -0.2) is 33.5 Å². The largest absolute Gasteiger partial charge is 0.466 e. The van der Waals surface area contributed by atoms with Crippen molar-refractivity contribution in [1.82, 2.24) is 9.97 Å². The summed E-state index contributed by atoms with van der Waals surface area (Å²) in [7, 11) is 0. The third kappa shape index (κ3) is 4.88. The Bertz CT molecular complexity index is 645. The van der Waals surface area contributed by atoms with Crippen LogP contribution in [0.15, 0.2) is 54.2 Å². The summed E-state index contributed by atoms with van der Waals surface area (Å²) in [6, 6.07) is 7.29. The lowest BCUT2D eigenvalue weighted by atomic mass is 9.90. The van der Waals surface area contributed by atoms with Crippen LogP contribution in [0.4, 0.5) is 0 Å². The fourth-order valence-corrected chi connectivity index (χ4v) is 2.33. The van der Waals surface area contributed by atoms with Crippen molar-refractivity contribution in [2.24, 2.45) is 5.16 Å². The highest BCUT2D eigenvalue weighted by atomic mass is 16.5. The van der Waals surface area contributed by atoms with E-state index >= 15 is 0 Å². The topological polar surface area (TPSA) is 84.7 Å². The molecule has 0 saturated heterocycles. The molecule has 2 rings (SSSR count). The number of hydrogen-bond acceptors (Lipinski definition) is 6. The zero-order chi connectivity index (χ0) is 16.5. The van der Waals surface area contributed by atoms with Crippen molar-refractivity contribution in [3.8, 4) is 0 Å². The third-order valence-electron chi connectivity index (χ3n) is 3.43. The Balaban J connectivity index is 2.21. The highest BCUT2D eigenvalue weighted by Gasteiger charge is 2.21. The molecule has 0 aliphatic heterocycles. The van der Waals surface area contributed by atoms with E-state index in [0.29, 0.717) is 24.3 Å². The summed E-state index contributed by atoms with van der Waals surface area (Å²) in [6.45, 7) is 2.11. The first kappa shape index (κ1) is 16.6. The van der Waals surface area contributed by atoms with Gasteiger partial charge in [0.05, 0.1) is 18.7 Å². The number of aromatic nitrogens is 2. The van der Waals surface area contributed by atoms with Gasteiger partial charge in [0.25, 0.3) is 0 Å². The van der Waals surface area contributed by atoms with Crippen LogP contribution < -0.4 is 0 Å². The van der Waals surface area contributed by atoms with Gasteiger partial charge in [-0.15, -0.1) is 0 Å². The Morgan fingerprint density at radius 2 is 1.96 bits per heavy atom. The smallest absolute Gasteiger partial charge is 0.306 e. The maximum Gasteiger partial charge on any atom is 0.306 e. The summed E-state index contributed by atoms with van der Waals surface area (Å²) in [6.07, 6.45) is 7.23. The molecule has 23 heavy (non-hydrogen) atoms. The molecule has 2 aromatic heterocycles. The molecule has 1 atom stereocenters. The molecular formula is C17H19N3O3. The monoisotopic (exact) mass is 313 g/mol. The van der Waals surface area contributed by atoms with E-state index in [0.717, 1.165) is 5.56 Å². The van der Waals surface area contributed by atoms with Crippen LogP contribution in [-0.2, 0) is 9.53 Å². The molecule has 0 saturated carbocycles. The molecule has 6 nitrogen and oxygen atoms in total. The molecule has 6 heteroatoms. The molecule has 0 radical (unpaired) electrons. The van der Waals surface area contributed by atoms with Gasteiger partial charge in [-0.25, -0.2) is 0 Å². The summed E-state index contributed by atoms with van der Waals surface area (Å²) in [5.41, 5.74) is 2.08. The van der Waals surface area contributed by atoms with Gasteiger partial charge in [-0.1, -0.05) is 11.2 Å². The summed E-state index contributed by atoms with van der Waals surface area (Å²) < 4.78 is 5.04. The fraction of sp³-hybridized carbons (Fsp3) is 0.294. The van der Waals surface area contributed by atoms with Crippen LogP contribution in [0.3, 0.4) is 0 Å². The van der Waals surface area contributed by atoms with Crippen LogP contribution in [0.1, 0.15) is 36.8 Å². The average Bonchev–Trinajstić information content (AvgIpc) is 2.60. The van der Waals surface area contributed by atoms with Crippen molar-refractivity contribution >= 4 is 11.7 Å². The Morgan fingerprint density at radius 3 is 2.52 bits per heavy atom. The number of nitrogens with zero attached hydrogens (tertiary/aromatic N) is 3. The number of rotatable bonds is 7. The van der Waals surface area contributed by atoms with Crippen molar-refractivity contribution in [2.75, 3.05) is 6.61 Å². The average molecular weight is 313 g/mol. The van der Waals surface area contributed by atoms with E-state index in [1.54, 1.807) is 37.8 Å². The lowest BCUT2D eigenvalue weighted by Crippen LogP contribution is -2.15. The second-order valence-corrected chi connectivity index (χ2v) is 4.98. The van der Waals surface area contributed by atoms with Crippen molar-refractivity contribution in [1.29, 1.82) is 0 Å². The predicted octanol–water partition coefficient (Wildman–Crippen LogP) is 2.78. The fourth-order valence-electron chi connectivity index (χ4n) is 2.33. The van der Waals surface area contributed by atoms with Gasteiger partial charge in [0.1, 0.15) is 0 Å². The van der Waals surface area contributed by atoms with E-state index in [1.807, 2.05) is 18.2 Å². The van der Waals surface area contributed by atoms with Gasteiger partial charge >= 0.3 is 5.97 Å². The number of hydrogen-bond donors (Lipinski definition) is 1. The summed E-state index contributed by atoms with van der Waals surface area (Å²) in [5, 5.41) is 12.7. The van der Waals surface area contributed by atoms with Crippen LogP contribution in [0.25, 0.3) is 0 Å². The minimum Gasteiger partial charge on any atom is -0.466 e. The third-order valence-corrected chi connectivity index (χ3v) is 3.43. The van der Waals surface area contributed by atoms with Crippen molar-refractivity contribution in [3.05, 3.63) is 60.2 Å². The molecule has 0 fully saturated rings. The Hall–Kier alpha value is -2.76. The summed E-state index contributed by atoms with van der Waals surface area (Å²) in [4.78, 5) is 20.0. The predicted molar refractivity (Wildman–Crippen MR) is 85.4 cm³/mol. The molecule has 0 aliphatic rings. The number of esters is 1. The van der Waals surface area contributed by atoms with Crippen LogP contribution in [0.5, 0.6) is 0 Å². The Kier molecular flexibility index (Phi) is 6.23. The van der Waals surface area contributed by atoms with Gasteiger partial charge in [-0.3, -0.25) is 14.8 Å². The standard InChI is InChI=1S/C17H19N3O3/c1-2-23-17(21)10-15(13-5-3-7-18-11-13)9-16(20-22)14-6-4-8-19-12-14/h3-8,11-12,15,22H,2,9-10H2,1H3. The number of pyridine rings is 2. The zero-order valence-electron chi connectivity index (χ0n) is 12.9. The molecule has 0 amide bonds. The van der Waals surface area contributed by atoms with Gasteiger partial charge in [0, 0.05) is 42.7 Å². The van der Waals surface area contributed by atoms with Crippen LogP contribution in [0.2, 0.25) is 0 Å². The van der Waals surface area contributed by atoms with Crippen LogP contribution >= 0.6 is 0 Å². The first-order chi connectivity index (χ1) is 11.2. The second kappa shape index (κ2) is 8.63. The maximum absolute atomic E-state index is 11.9. The zero-order valence-corrected chi connectivity index (χ0v) is 12.9. The van der Waals surface area contributed by atoms with E-state index in [-0.39, 0.29) is 18.3 Å². The molecule has 120 valence electrons. The number of ether oxygens (including phenoxy) is 1. The quantitative estimate of drug-likeness (QED) is 0.368. The first-order valence-electron chi connectivity index (χ1n) is 7.41. The Labute approximate surface area is 134 Å². The number of carbonyl (C=O) groups is 1. The maximum atomic E-state index is 11.9. The molecule has 2 heterocycles. The van der Waals surface area contributed by atoms with E-state index in [9.17, 15) is 10.0 Å². The van der Waals surface area contributed by atoms with E-state index in [2.05, 4.69) is 15.1 Å². The molecule has 0 bridgehead atoms. The summed E-state index contributed by atoms with van der Waals surface area (Å²) >= 11 is 0. The number of carbonyl (C=O) groups excluding carboxylic acids is 1. The first-order valence-corrected chi connectivity index (χ1v) is 7.41. The lowest BCUT2D eigenvalue weighted by Gasteiger charge is -2.17. The molecular weight excluding hydrogens is 294 g/mol. The molecule has 0 aliphatic carbocycles. The van der Waals surface area contributed by atoms with E-state index in [4.69, 9.17) is 4.74 Å². The van der Waals surface area contributed by atoms with Crippen LogP contribution in [0, 0.1) is 0 Å². The molecule has 1 unspecified atom stereocenters. The van der Waals surface area contributed by atoms with Gasteiger partial charge in [-0.2, -0.15) is 0 Å². The Morgan fingerprint density at radius 1 is 1.22 bits per heavy atom. The molecule has 2 aromatic rings. The lowest BCUT2D eigenvalue weighted by molar-refractivity contribution is -0.143. The number of oxime groups is 1. The minimum atomic E-state index is -0.287. The molecule has 1 N–H and O–H groups in total. The van der Waals surface area contributed by atoms with Gasteiger partial charge < -0.3 is 9.94 Å². The van der Waals surface area contributed by atoms with Gasteiger partial charge in [-0.05, 0) is 30.7 Å². The normalized spacial score (nSPS) is 12.7. The highest BCUT2D eigenvalue weighted by Crippen LogP contribution is 2.25. The molecule has 0 spiro atoms. The summed E-state index contributed by atoms with van der Waals surface area (Å²) in [5.74, 6) is -0.473.